The van der Waals surface area contributed by atoms with Gasteiger partial charge >= 0.3 is 11.9 Å². The minimum atomic E-state index is -1.55. The molecule has 0 radical (unpaired) electrons. The number of β-amino-alcohol motifs (C(OH)–C–C–N with tert-alkyl or cyclic N) is 1. The Labute approximate surface area is 162 Å². The Morgan fingerprint density at radius 2 is 1.79 bits per heavy atom. The molecular weight excluding hydrogens is 374 g/mol. The van der Waals surface area contributed by atoms with Crippen molar-refractivity contribution < 1.29 is 38.6 Å². The number of nitrogens with two attached hydrogens (primary N) is 1. The Hall–Kier alpha value is -2.69. The van der Waals surface area contributed by atoms with E-state index in [0.29, 0.717) is 0 Å². The van der Waals surface area contributed by atoms with E-state index in [4.69, 9.17) is 15.2 Å². The van der Waals surface area contributed by atoms with Crippen LogP contribution in [-0.2, 0) is 33.4 Å². The predicted molar refractivity (Wildman–Crippen MR) is 94.3 cm³/mol. The van der Waals surface area contributed by atoms with Crippen molar-refractivity contribution in [3.63, 3.8) is 0 Å². The van der Waals surface area contributed by atoms with Crippen LogP contribution in [0.4, 0.5) is 0 Å². The fraction of sp³-hybridized carbons (Fsp3) is 0.706. The van der Waals surface area contributed by atoms with Crippen molar-refractivity contribution in [3.05, 3.63) is 0 Å². The van der Waals surface area contributed by atoms with Crippen molar-refractivity contribution in [2.75, 3.05) is 19.8 Å². The zero-order valence-electron chi connectivity index (χ0n) is 16.2. The number of esters is 2. The number of rotatable bonds is 9. The van der Waals surface area contributed by atoms with Crippen LogP contribution in [0.2, 0.25) is 0 Å². The van der Waals surface area contributed by atoms with Crippen molar-refractivity contribution in [1.82, 2.24) is 10.2 Å². The third kappa shape index (κ3) is 6.19. The molecule has 0 aromatic heterocycles. The Morgan fingerprint density at radius 1 is 1.18 bits per heavy atom. The first-order chi connectivity index (χ1) is 13.1. The van der Waals surface area contributed by atoms with E-state index in [1.165, 1.54) is 6.92 Å². The van der Waals surface area contributed by atoms with Crippen molar-refractivity contribution >= 4 is 29.7 Å². The Bertz CT molecular complexity index is 624. The highest BCUT2D eigenvalue weighted by Gasteiger charge is 2.42. The number of ether oxygens (including phenoxy) is 2. The Kier molecular flexibility index (Phi) is 8.83. The maximum absolute atomic E-state index is 12.6. The van der Waals surface area contributed by atoms with E-state index in [2.05, 4.69) is 5.32 Å². The second-order valence-corrected chi connectivity index (χ2v) is 6.33. The second kappa shape index (κ2) is 10.6. The molecule has 4 N–H and O–H groups in total. The highest BCUT2D eigenvalue weighted by molar-refractivity contribution is 5.95. The van der Waals surface area contributed by atoms with E-state index in [9.17, 15) is 29.1 Å². The van der Waals surface area contributed by atoms with Crippen LogP contribution in [0, 0.1) is 5.92 Å². The summed E-state index contributed by atoms with van der Waals surface area (Å²) in [5.74, 6) is -5.30. The molecule has 1 fully saturated rings. The number of carbonyl (C=O) groups excluding carboxylic acids is 5. The summed E-state index contributed by atoms with van der Waals surface area (Å²) in [7, 11) is 0. The molecule has 1 aliphatic rings. The van der Waals surface area contributed by atoms with Crippen LogP contribution in [0.15, 0.2) is 0 Å². The van der Waals surface area contributed by atoms with E-state index in [1.807, 2.05) is 0 Å². The van der Waals surface area contributed by atoms with Gasteiger partial charge in [0, 0.05) is 19.9 Å². The second-order valence-electron chi connectivity index (χ2n) is 6.33. The molecule has 11 nitrogen and oxygen atoms in total. The van der Waals surface area contributed by atoms with E-state index in [1.54, 1.807) is 13.8 Å². The van der Waals surface area contributed by atoms with Gasteiger partial charge in [-0.15, -0.1) is 0 Å². The number of nitrogens with zero attached hydrogens (tertiary/aromatic N) is 1. The van der Waals surface area contributed by atoms with Gasteiger partial charge in [-0.3, -0.25) is 24.0 Å². The zero-order valence-corrected chi connectivity index (χ0v) is 16.2. The molecule has 0 aliphatic carbocycles. The molecule has 0 aromatic carbocycles. The molecule has 0 spiro atoms. The van der Waals surface area contributed by atoms with Crippen molar-refractivity contribution in [1.29, 1.82) is 0 Å². The van der Waals surface area contributed by atoms with Crippen LogP contribution >= 0.6 is 0 Å². The van der Waals surface area contributed by atoms with Crippen LogP contribution in [0.3, 0.4) is 0 Å². The lowest BCUT2D eigenvalue weighted by Crippen LogP contribution is -2.56. The molecule has 11 heteroatoms. The molecule has 1 heterocycles. The zero-order chi connectivity index (χ0) is 21.4. The fourth-order valence-electron chi connectivity index (χ4n) is 3.02. The molecule has 0 bridgehead atoms. The predicted octanol–water partition coefficient (Wildman–Crippen LogP) is -1.93. The molecule has 1 aliphatic heterocycles. The smallest absolute Gasteiger partial charge is 0.312 e. The van der Waals surface area contributed by atoms with Gasteiger partial charge in [0.15, 0.2) is 0 Å². The topological polar surface area (TPSA) is 165 Å². The number of likely N-dealkylation sites (tertiary alicyclic amines) is 1. The summed E-state index contributed by atoms with van der Waals surface area (Å²) >= 11 is 0. The van der Waals surface area contributed by atoms with Gasteiger partial charge in [0.25, 0.3) is 0 Å². The monoisotopic (exact) mass is 401 g/mol. The van der Waals surface area contributed by atoms with E-state index < -0.39 is 60.2 Å². The summed E-state index contributed by atoms with van der Waals surface area (Å²) in [6.07, 6.45) is -1.45. The largest absolute Gasteiger partial charge is 0.466 e. The summed E-state index contributed by atoms with van der Waals surface area (Å²) in [5.41, 5.74) is 5.35. The first kappa shape index (κ1) is 23.3. The van der Waals surface area contributed by atoms with Gasteiger partial charge in [0.2, 0.25) is 17.7 Å². The maximum atomic E-state index is 12.6. The number of hydrogen-bond acceptors (Lipinski definition) is 8. The quantitative estimate of drug-likeness (QED) is 0.376. The van der Waals surface area contributed by atoms with Gasteiger partial charge in [0.05, 0.1) is 31.7 Å². The average molecular weight is 401 g/mol. The van der Waals surface area contributed by atoms with Gasteiger partial charge < -0.3 is 30.5 Å². The first-order valence-corrected chi connectivity index (χ1v) is 8.99. The molecule has 3 amide bonds. The van der Waals surface area contributed by atoms with Gasteiger partial charge in [0.1, 0.15) is 12.1 Å². The number of nitrogens with one attached hydrogen (secondary N) is 1. The van der Waals surface area contributed by atoms with E-state index >= 15 is 0 Å². The Balaban J connectivity index is 3.04. The highest BCUT2D eigenvalue weighted by Crippen LogP contribution is 2.20. The number of aliphatic hydroxyl groups is 1. The van der Waals surface area contributed by atoms with Gasteiger partial charge in [-0.05, 0) is 13.8 Å². The van der Waals surface area contributed by atoms with Gasteiger partial charge in [-0.2, -0.15) is 0 Å². The van der Waals surface area contributed by atoms with E-state index in [-0.39, 0.29) is 26.2 Å². The summed E-state index contributed by atoms with van der Waals surface area (Å²) in [4.78, 5) is 61.5. The molecule has 158 valence electrons. The number of primary amides is 1. The number of aliphatic hydroxyl groups excluding tert-OH is 1. The number of carbonyl (C=O) groups is 5. The standard InChI is InChI=1S/C17H27N3O8/c1-4-27-13(23)7-11(17(26)28-5-2)14(15(18)24)19-16(25)12-6-10(22)8-20(12)9(3)21/h10-12,14,22H,4-8H2,1-3H3,(H2,18,24)(H,19,25)/t10-,11-,12+,14-/m1/s1. The molecule has 0 unspecified atom stereocenters. The molecule has 28 heavy (non-hydrogen) atoms. The first-order valence-electron chi connectivity index (χ1n) is 8.99. The van der Waals surface area contributed by atoms with Crippen molar-refractivity contribution in [3.8, 4) is 0 Å². The number of hydrogen-bond donors (Lipinski definition) is 3. The lowest BCUT2D eigenvalue weighted by molar-refractivity contribution is -0.157. The van der Waals surface area contributed by atoms with E-state index in [0.717, 1.165) is 4.90 Å². The van der Waals surface area contributed by atoms with Crippen LogP contribution in [-0.4, -0.2) is 77.6 Å². The summed E-state index contributed by atoms with van der Waals surface area (Å²) in [5, 5.41) is 12.1. The van der Waals surface area contributed by atoms with Crippen LogP contribution in [0.5, 0.6) is 0 Å². The molecule has 1 rings (SSSR count). The van der Waals surface area contributed by atoms with Crippen LogP contribution in [0.1, 0.15) is 33.6 Å². The lowest BCUT2D eigenvalue weighted by atomic mass is 9.94. The molecular formula is C17H27N3O8. The SMILES string of the molecule is CCOC(=O)C[C@@H](C(=O)OCC)[C@@H](NC(=O)[C@@H]1C[C@@H](O)CN1C(C)=O)C(N)=O. The molecule has 4 atom stereocenters. The minimum Gasteiger partial charge on any atom is -0.466 e. The van der Waals surface area contributed by atoms with Crippen LogP contribution in [0.25, 0.3) is 0 Å². The Morgan fingerprint density at radius 3 is 2.29 bits per heavy atom. The molecule has 1 saturated heterocycles. The average Bonchev–Trinajstić information content (AvgIpc) is 3.00. The van der Waals surface area contributed by atoms with Crippen molar-refractivity contribution in [2.45, 2.75) is 51.8 Å². The van der Waals surface area contributed by atoms with Gasteiger partial charge in [-0.25, -0.2) is 0 Å². The summed E-state index contributed by atoms with van der Waals surface area (Å²) < 4.78 is 9.69. The van der Waals surface area contributed by atoms with Gasteiger partial charge in [-0.1, -0.05) is 0 Å². The third-order valence-corrected chi connectivity index (χ3v) is 4.27. The molecule has 0 aromatic rings. The summed E-state index contributed by atoms with van der Waals surface area (Å²) in [6, 6.07) is -2.58. The van der Waals surface area contributed by atoms with Crippen LogP contribution < -0.4 is 11.1 Å². The number of amides is 3. The lowest BCUT2D eigenvalue weighted by Gasteiger charge is -2.27. The summed E-state index contributed by atoms with van der Waals surface area (Å²) in [6.45, 7) is 4.39. The minimum absolute atomic E-state index is 0.00941. The fourth-order valence-corrected chi connectivity index (χ4v) is 3.02. The molecule has 0 saturated carbocycles. The third-order valence-electron chi connectivity index (χ3n) is 4.27. The van der Waals surface area contributed by atoms with Crippen molar-refractivity contribution in [2.24, 2.45) is 11.7 Å². The maximum Gasteiger partial charge on any atom is 0.312 e. The highest BCUT2D eigenvalue weighted by atomic mass is 16.5. The normalized spacial score (nSPS) is 20.8.